The van der Waals surface area contributed by atoms with Gasteiger partial charge in [-0.3, -0.25) is 9.59 Å². The van der Waals surface area contributed by atoms with Crippen LogP contribution < -0.4 is 10.9 Å². The minimum absolute atomic E-state index is 0.226. The van der Waals surface area contributed by atoms with Crippen molar-refractivity contribution >= 4 is 33.1 Å². The van der Waals surface area contributed by atoms with Gasteiger partial charge >= 0.3 is 0 Å². The molecule has 7 heteroatoms. The standard InChI is InChI=1S/C19H17FN2O3S/c1-9-6-7-10(8-12(9)20)21-17(24)15-16(23)14-11-4-2-3-5-13(11)26-19(14)22-18(15)25/h6-8H,2-5H2,1H3,(H,21,24)(H2,22,23,25). The highest BCUT2D eigenvalue weighted by atomic mass is 32.1. The number of aromatic nitrogens is 1. The monoisotopic (exact) mass is 372 g/mol. The Morgan fingerprint density at radius 1 is 1.31 bits per heavy atom. The topological polar surface area (TPSA) is 82.2 Å². The van der Waals surface area contributed by atoms with Crippen molar-refractivity contribution in [1.29, 1.82) is 0 Å². The van der Waals surface area contributed by atoms with E-state index in [-0.39, 0.29) is 17.0 Å². The van der Waals surface area contributed by atoms with E-state index < -0.39 is 17.3 Å². The Kier molecular flexibility index (Phi) is 4.03. The third kappa shape index (κ3) is 2.68. The molecule has 0 saturated carbocycles. The molecule has 4 rings (SSSR count). The molecule has 2 heterocycles. The number of carbonyl (C=O) groups is 1. The maximum Gasteiger partial charge on any atom is 0.265 e. The average Bonchev–Trinajstić information content (AvgIpc) is 2.96. The number of aromatic amines is 1. The molecule has 1 aliphatic rings. The highest BCUT2D eigenvalue weighted by Gasteiger charge is 2.25. The summed E-state index contributed by atoms with van der Waals surface area (Å²) in [6.45, 7) is 1.62. The Hall–Kier alpha value is -2.67. The van der Waals surface area contributed by atoms with E-state index in [1.807, 2.05) is 0 Å². The lowest BCUT2D eigenvalue weighted by molar-refractivity contribution is 0.102. The van der Waals surface area contributed by atoms with Gasteiger partial charge in [0.1, 0.15) is 22.0 Å². The number of H-pyrrole nitrogens is 1. The van der Waals surface area contributed by atoms with E-state index in [1.54, 1.807) is 13.0 Å². The number of carbonyl (C=O) groups excluding carboxylic acids is 1. The van der Waals surface area contributed by atoms with Gasteiger partial charge in [0.05, 0.1) is 5.39 Å². The number of hydrogen-bond donors (Lipinski definition) is 3. The number of nitrogens with one attached hydrogen (secondary N) is 2. The lowest BCUT2D eigenvalue weighted by atomic mass is 9.96. The number of rotatable bonds is 2. The van der Waals surface area contributed by atoms with Crippen LogP contribution in [0.3, 0.4) is 0 Å². The molecule has 0 bridgehead atoms. The fraction of sp³-hybridized carbons (Fsp3) is 0.263. The normalized spacial score (nSPS) is 13.6. The quantitative estimate of drug-likeness (QED) is 0.639. The van der Waals surface area contributed by atoms with Gasteiger partial charge in [0, 0.05) is 10.6 Å². The van der Waals surface area contributed by atoms with Crippen LogP contribution in [-0.2, 0) is 12.8 Å². The number of pyridine rings is 1. The molecule has 5 nitrogen and oxygen atoms in total. The summed E-state index contributed by atoms with van der Waals surface area (Å²) < 4.78 is 13.7. The summed E-state index contributed by atoms with van der Waals surface area (Å²) in [6.07, 6.45) is 3.83. The van der Waals surface area contributed by atoms with Crippen LogP contribution in [0.1, 0.15) is 39.2 Å². The van der Waals surface area contributed by atoms with Crippen LogP contribution in [-0.4, -0.2) is 16.0 Å². The first-order valence-electron chi connectivity index (χ1n) is 8.42. The van der Waals surface area contributed by atoms with Gasteiger partial charge < -0.3 is 15.4 Å². The molecular weight excluding hydrogens is 355 g/mol. The Balaban J connectivity index is 1.79. The Bertz CT molecular complexity index is 1100. The van der Waals surface area contributed by atoms with Crippen LogP contribution in [0.4, 0.5) is 10.1 Å². The number of aryl methyl sites for hydroxylation is 3. The van der Waals surface area contributed by atoms with Crippen LogP contribution in [0.5, 0.6) is 5.75 Å². The highest BCUT2D eigenvalue weighted by Crippen LogP contribution is 2.40. The van der Waals surface area contributed by atoms with Gasteiger partial charge in [-0.15, -0.1) is 11.3 Å². The second-order valence-corrected chi connectivity index (χ2v) is 7.62. The van der Waals surface area contributed by atoms with Gasteiger partial charge in [-0.2, -0.15) is 0 Å². The molecule has 3 N–H and O–H groups in total. The smallest absolute Gasteiger partial charge is 0.265 e. The van der Waals surface area contributed by atoms with Gasteiger partial charge in [0.15, 0.2) is 0 Å². The maximum absolute atomic E-state index is 13.7. The van der Waals surface area contributed by atoms with Crippen molar-refractivity contribution in [2.45, 2.75) is 32.6 Å². The second kappa shape index (κ2) is 6.25. The molecule has 1 amide bonds. The molecular formula is C19H17FN2O3S. The van der Waals surface area contributed by atoms with E-state index in [2.05, 4.69) is 10.3 Å². The molecule has 0 aliphatic heterocycles. The first-order chi connectivity index (χ1) is 12.5. The molecule has 26 heavy (non-hydrogen) atoms. The number of hydrogen-bond acceptors (Lipinski definition) is 4. The number of halogens is 1. The average molecular weight is 372 g/mol. The number of aromatic hydroxyl groups is 1. The Morgan fingerprint density at radius 3 is 2.85 bits per heavy atom. The molecule has 0 fully saturated rings. The number of amides is 1. The first kappa shape index (κ1) is 16.8. The molecule has 0 atom stereocenters. The van der Waals surface area contributed by atoms with Gasteiger partial charge in [0.25, 0.3) is 11.5 Å². The number of anilines is 1. The van der Waals surface area contributed by atoms with Crippen molar-refractivity contribution in [2.75, 3.05) is 5.32 Å². The minimum atomic E-state index is -0.760. The van der Waals surface area contributed by atoms with E-state index >= 15 is 0 Å². The number of thiophene rings is 1. The lowest BCUT2D eigenvalue weighted by Crippen LogP contribution is -2.23. The first-order valence-corrected chi connectivity index (χ1v) is 9.24. The molecule has 0 saturated heterocycles. The van der Waals surface area contributed by atoms with Crippen molar-refractivity contribution in [3.05, 3.63) is 55.9 Å². The van der Waals surface area contributed by atoms with E-state index in [4.69, 9.17) is 0 Å². The van der Waals surface area contributed by atoms with Gasteiger partial charge in [-0.25, -0.2) is 4.39 Å². The van der Waals surface area contributed by atoms with E-state index in [1.165, 1.54) is 23.5 Å². The largest absolute Gasteiger partial charge is 0.506 e. The zero-order valence-corrected chi connectivity index (χ0v) is 14.9. The summed E-state index contributed by atoms with van der Waals surface area (Å²) in [5.41, 5.74) is 0.697. The van der Waals surface area contributed by atoms with Crippen LogP contribution in [0.25, 0.3) is 10.2 Å². The number of fused-ring (bicyclic) bond motifs is 3. The lowest BCUT2D eigenvalue weighted by Gasteiger charge is -2.12. The summed E-state index contributed by atoms with van der Waals surface area (Å²) in [5, 5.41) is 13.7. The fourth-order valence-corrected chi connectivity index (χ4v) is 4.66. The molecule has 0 spiro atoms. The zero-order valence-electron chi connectivity index (χ0n) is 14.1. The molecule has 2 aromatic heterocycles. The molecule has 3 aromatic rings. The van der Waals surface area contributed by atoms with E-state index in [9.17, 15) is 19.1 Å². The van der Waals surface area contributed by atoms with E-state index in [0.29, 0.717) is 15.8 Å². The van der Waals surface area contributed by atoms with Crippen LogP contribution in [0, 0.1) is 12.7 Å². The Labute approximate surface area is 152 Å². The van der Waals surface area contributed by atoms with Crippen LogP contribution in [0.15, 0.2) is 23.0 Å². The highest BCUT2D eigenvalue weighted by molar-refractivity contribution is 7.18. The van der Waals surface area contributed by atoms with Gasteiger partial charge in [-0.1, -0.05) is 6.07 Å². The molecule has 0 unspecified atom stereocenters. The van der Waals surface area contributed by atoms with Gasteiger partial charge in [-0.05, 0) is 55.9 Å². The second-order valence-electron chi connectivity index (χ2n) is 6.51. The summed E-state index contributed by atoms with van der Waals surface area (Å²) >= 11 is 1.46. The van der Waals surface area contributed by atoms with Crippen molar-refractivity contribution in [1.82, 2.24) is 4.98 Å². The summed E-state index contributed by atoms with van der Waals surface area (Å²) in [6, 6.07) is 4.27. The summed E-state index contributed by atoms with van der Waals surface area (Å²) in [4.78, 5) is 29.4. The SMILES string of the molecule is Cc1ccc(NC(=O)c2c(O)c3c4c(sc3[nH]c2=O)CCCC4)cc1F. The third-order valence-electron chi connectivity index (χ3n) is 4.76. The van der Waals surface area contributed by atoms with Crippen LogP contribution >= 0.6 is 11.3 Å². The van der Waals surface area contributed by atoms with Gasteiger partial charge in [0.2, 0.25) is 0 Å². The van der Waals surface area contributed by atoms with Crippen molar-refractivity contribution < 1.29 is 14.3 Å². The van der Waals surface area contributed by atoms with Crippen molar-refractivity contribution in [2.24, 2.45) is 0 Å². The molecule has 134 valence electrons. The predicted octanol–water partition coefficient (Wildman–Crippen LogP) is 3.87. The molecule has 1 aromatic carbocycles. The Morgan fingerprint density at radius 2 is 2.08 bits per heavy atom. The minimum Gasteiger partial charge on any atom is -0.506 e. The van der Waals surface area contributed by atoms with Crippen LogP contribution in [0.2, 0.25) is 0 Å². The van der Waals surface area contributed by atoms with Crippen molar-refractivity contribution in [3.8, 4) is 5.75 Å². The summed E-state index contributed by atoms with van der Waals surface area (Å²) in [5.74, 6) is -1.51. The fourth-order valence-electron chi connectivity index (χ4n) is 3.38. The van der Waals surface area contributed by atoms with E-state index in [0.717, 1.165) is 36.1 Å². The third-order valence-corrected chi connectivity index (χ3v) is 5.96. The number of benzene rings is 1. The predicted molar refractivity (Wildman–Crippen MR) is 99.8 cm³/mol. The summed E-state index contributed by atoms with van der Waals surface area (Å²) in [7, 11) is 0. The van der Waals surface area contributed by atoms with Crippen molar-refractivity contribution in [3.63, 3.8) is 0 Å². The molecule has 0 radical (unpaired) electrons. The maximum atomic E-state index is 13.7. The molecule has 1 aliphatic carbocycles. The zero-order chi connectivity index (χ0) is 18.4.